The summed E-state index contributed by atoms with van der Waals surface area (Å²) in [6, 6.07) is 23.5. The summed E-state index contributed by atoms with van der Waals surface area (Å²) in [6.45, 7) is 0. The minimum Gasteiger partial charge on any atom is -0.496 e. The van der Waals surface area contributed by atoms with Crippen molar-refractivity contribution in [2.24, 2.45) is 0 Å². The zero-order valence-electron chi connectivity index (χ0n) is 15.3. The number of ketones is 3. The first kappa shape index (κ1) is 19.0. The van der Waals surface area contributed by atoms with Gasteiger partial charge in [-0.15, -0.1) is 0 Å². The van der Waals surface area contributed by atoms with Gasteiger partial charge in [0.1, 0.15) is 5.75 Å². The van der Waals surface area contributed by atoms with Gasteiger partial charge in [-0.05, 0) is 12.1 Å². The van der Waals surface area contributed by atoms with E-state index in [2.05, 4.69) is 0 Å². The fourth-order valence-electron chi connectivity index (χ4n) is 2.78. The minimum absolute atomic E-state index is 0.187. The molecule has 3 rings (SSSR count). The summed E-state index contributed by atoms with van der Waals surface area (Å²) in [7, 11) is 1.46. The van der Waals surface area contributed by atoms with Crippen LogP contribution in [0.25, 0.3) is 0 Å². The Balaban J connectivity index is 2.08. The van der Waals surface area contributed by atoms with E-state index in [1.54, 1.807) is 84.9 Å². The molecule has 0 aliphatic heterocycles. The average Bonchev–Trinajstić information content (AvgIpc) is 2.77. The molecular weight excluding hydrogens is 352 g/mol. The topological polar surface area (TPSA) is 60.4 Å². The molecule has 0 aliphatic rings. The first-order valence-corrected chi connectivity index (χ1v) is 8.70. The van der Waals surface area contributed by atoms with Gasteiger partial charge in [0, 0.05) is 17.2 Å². The number of carbonyl (C=O) groups excluding carboxylic acids is 3. The van der Waals surface area contributed by atoms with Crippen molar-refractivity contribution in [2.45, 2.75) is 0 Å². The van der Waals surface area contributed by atoms with E-state index in [9.17, 15) is 14.4 Å². The molecule has 3 aromatic carbocycles. The number of Topliss-reactive ketones (excluding diaryl/α,β-unsaturated/α-hetero) is 2. The maximum absolute atomic E-state index is 13.0. The fourth-order valence-corrected chi connectivity index (χ4v) is 2.78. The number of benzene rings is 3. The van der Waals surface area contributed by atoms with Gasteiger partial charge in [-0.2, -0.15) is 0 Å². The molecule has 3 aromatic rings. The first-order chi connectivity index (χ1) is 13.6. The van der Waals surface area contributed by atoms with Crippen molar-refractivity contribution >= 4 is 17.3 Å². The van der Waals surface area contributed by atoms with Gasteiger partial charge in [0.15, 0.2) is 17.3 Å². The van der Waals surface area contributed by atoms with Crippen LogP contribution in [0.5, 0.6) is 5.75 Å². The second-order valence-electron chi connectivity index (χ2n) is 6.01. The number of allylic oxidation sites excluding steroid dienone is 2. The fraction of sp³-hybridized carbons (Fsp3) is 0.0417. The van der Waals surface area contributed by atoms with E-state index in [1.807, 2.05) is 0 Å². The van der Waals surface area contributed by atoms with Gasteiger partial charge in [0.05, 0.1) is 18.2 Å². The molecule has 0 radical (unpaired) electrons. The van der Waals surface area contributed by atoms with Crippen molar-refractivity contribution in [3.8, 4) is 5.75 Å². The van der Waals surface area contributed by atoms with Crippen LogP contribution < -0.4 is 4.74 Å². The molecule has 0 saturated carbocycles. The minimum atomic E-state index is -0.502. The van der Waals surface area contributed by atoms with E-state index in [0.717, 1.165) is 6.08 Å². The lowest BCUT2D eigenvalue weighted by Crippen LogP contribution is -2.16. The van der Waals surface area contributed by atoms with Gasteiger partial charge in [-0.25, -0.2) is 0 Å². The second-order valence-corrected chi connectivity index (χ2v) is 6.01. The molecule has 0 bridgehead atoms. The molecule has 0 atom stereocenters. The molecule has 4 nitrogen and oxygen atoms in total. The molecule has 0 unspecified atom stereocenters. The molecule has 0 spiro atoms. The molecule has 0 aromatic heterocycles. The summed E-state index contributed by atoms with van der Waals surface area (Å²) in [4.78, 5) is 38.9. The van der Waals surface area contributed by atoms with Gasteiger partial charge in [-0.1, -0.05) is 72.8 Å². The van der Waals surface area contributed by atoms with Crippen LogP contribution in [0.4, 0.5) is 0 Å². The Morgan fingerprint density at radius 3 is 1.64 bits per heavy atom. The number of ether oxygens (including phenoxy) is 1. The standard InChI is InChI=1S/C24H18O4/c1-28-22-15-9-8-14-19(22)21(25)16-20(23(26)17-10-4-2-5-11-17)24(27)18-12-6-3-7-13-18/h2-16H,1H3. The predicted molar refractivity (Wildman–Crippen MR) is 107 cm³/mol. The van der Waals surface area contributed by atoms with Crippen molar-refractivity contribution in [1.29, 1.82) is 0 Å². The Labute approximate surface area is 163 Å². The third kappa shape index (κ3) is 4.13. The van der Waals surface area contributed by atoms with Crippen LogP contribution in [-0.4, -0.2) is 24.5 Å². The molecule has 0 N–H and O–H groups in total. The van der Waals surface area contributed by atoms with Gasteiger partial charge < -0.3 is 4.74 Å². The van der Waals surface area contributed by atoms with Gasteiger partial charge >= 0.3 is 0 Å². The molecule has 4 heteroatoms. The van der Waals surface area contributed by atoms with Crippen LogP contribution in [0.2, 0.25) is 0 Å². The van der Waals surface area contributed by atoms with Crippen LogP contribution in [0.1, 0.15) is 31.1 Å². The summed E-state index contributed by atoms with van der Waals surface area (Å²) in [6.07, 6.45) is 1.10. The highest BCUT2D eigenvalue weighted by molar-refractivity contribution is 6.33. The number of rotatable bonds is 7. The third-order valence-corrected chi connectivity index (χ3v) is 4.21. The zero-order chi connectivity index (χ0) is 19.9. The lowest BCUT2D eigenvalue weighted by molar-refractivity contribution is 0.0948. The second kappa shape index (κ2) is 8.73. The number of para-hydroxylation sites is 1. The lowest BCUT2D eigenvalue weighted by atomic mass is 9.93. The molecule has 0 amide bonds. The number of hydrogen-bond acceptors (Lipinski definition) is 4. The monoisotopic (exact) mass is 370 g/mol. The highest BCUT2D eigenvalue weighted by Crippen LogP contribution is 2.21. The number of hydrogen-bond donors (Lipinski definition) is 0. The van der Waals surface area contributed by atoms with Gasteiger partial charge in [0.25, 0.3) is 0 Å². The Bertz CT molecular complexity index is 981. The summed E-state index contributed by atoms with van der Waals surface area (Å²) in [5.74, 6) is -1.10. The Kier molecular flexibility index (Phi) is 5.92. The molecule has 0 fully saturated rings. The van der Waals surface area contributed by atoms with Crippen molar-refractivity contribution in [3.63, 3.8) is 0 Å². The summed E-state index contributed by atoms with van der Waals surface area (Å²) in [5.41, 5.74) is 0.772. The Morgan fingerprint density at radius 2 is 1.14 bits per heavy atom. The van der Waals surface area contributed by atoms with Crippen molar-refractivity contribution in [2.75, 3.05) is 7.11 Å². The van der Waals surface area contributed by atoms with Gasteiger partial charge in [-0.3, -0.25) is 14.4 Å². The van der Waals surface area contributed by atoms with E-state index in [4.69, 9.17) is 4.74 Å². The van der Waals surface area contributed by atoms with Crippen LogP contribution in [0.3, 0.4) is 0 Å². The lowest BCUT2D eigenvalue weighted by Gasteiger charge is -2.08. The van der Waals surface area contributed by atoms with E-state index in [-0.39, 0.29) is 11.1 Å². The van der Waals surface area contributed by atoms with Crippen LogP contribution >= 0.6 is 0 Å². The third-order valence-electron chi connectivity index (χ3n) is 4.21. The van der Waals surface area contributed by atoms with E-state index < -0.39 is 17.3 Å². The van der Waals surface area contributed by atoms with E-state index >= 15 is 0 Å². The first-order valence-electron chi connectivity index (χ1n) is 8.70. The molecule has 0 saturated heterocycles. The van der Waals surface area contributed by atoms with E-state index in [0.29, 0.717) is 16.9 Å². The molecule has 0 aliphatic carbocycles. The van der Waals surface area contributed by atoms with Crippen LogP contribution in [0, 0.1) is 0 Å². The maximum Gasteiger partial charge on any atom is 0.197 e. The summed E-state index contributed by atoms with van der Waals surface area (Å²) in [5, 5.41) is 0. The smallest absolute Gasteiger partial charge is 0.197 e. The maximum atomic E-state index is 13.0. The molecule has 28 heavy (non-hydrogen) atoms. The van der Waals surface area contributed by atoms with E-state index in [1.165, 1.54) is 7.11 Å². The molecule has 138 valence electrons. The Hall–Kier alpha value is -3.79. The van der Waals surface area contributed by atoms with Crippen molar-refractivity contribution in [3.05, 3.63) is 113 Å². The quantitative estimate of drug-likeness (QED) is 0.265. The largest absolute Gasteiger partial charge is 0.496 e. The van der Waals surface area contributed by atoms with Gasteiger partial charge in [0.2, 0.25) is 0 Å². The SMILES string of the molecule is COc1ccccc1C(=O)C=C(C(=O)c1ccccc1)C(=O)c1ccccc1. The van der Waals surface area contributed by atoms with Crippen LogP contribution in [0.15, 0.2) is 96.6 Å². The highest BCUT2D eigenvalue weighted by Gasteiger charge is 2.23. The van der Waals surface area contributed by atoms with Crippen molar-refractivity contribution in [1.82, 2.24) is 0 Å². The number of carbonyl (C=O) groups is 3. The normalized spacial score (nSPS) is 10.0. The Morgan fingerprint density at radius 1 is 0.679 bits per heavy atom. The van der Waals surface area contributed by atoms with Crippen LogP contribution in [-0.2, 0) is 0 Å². The summed E-state index contributed by atoms with van der Waals surface area (Å²) < 4.78 is 5.22. The van der Waals surface area contributed by atoms with Crippen molar-refractivity contribution < 1.29 is 19.1 Å². The zero-order valence-corrected chi connectivity index (χ0v) is 15.3. The summed E-state index contributed by atoms with van der Waals surface area (Å²) >= 11 is 0. The predicted octanol–water partition coefficient (Wildman–Crippen LogP) is 4.57. The average molecular weight is 370 g/mol. The molecular formula is C24H18O4. The highest BCUT2D eigenvalue weighted by atomic mass is 16.5. The molecule has 0 heterocycles. The number of methoxy groups -OCH3 is 1.